The first kappa shape index (κ1) is 15.9. The molecule has 0 bridgehead atoms. The average molecular weight is 317 g/mol. The lowest BCUT2D eigenvalue weighted by Crippen LogP contribution is -2.50. The van der Waals surface area contributed by atoms with Crippen LogP contribution in [0.25, 0.3) is 0 Å². The number of rotatable bonds is 5. The molecule has 0 aliphatic carbocycles. The smallest absolute Gasteiger partial charge is 0.211 e. The first-order valence-electron chi connectivity index (χ1n) is 6.93. The molecule has 0 saturated carbocycles. The predicted molar refractivity (Wildman–Crippen MR) is 83.5 cm³/mol. The second-order valence-corrected chi connectivity index (χ2v) is 8.29. The van der Waals surface area contributed by atoms with Crippen LogP contribution >= 0.6 is 11.3 Å². The molecule has 0 aromatic carbocycles. The molecule has 1 unspecified atom stereocenters. The third-order valence-electron chi connectivity index (χ3n) is 3.77. The molecule has 114 valence electrons. The number of nitrogens with two attached hydrogens (primary N) is 1. The molecule has 1 aliphatic rings. The summed E-state index contributed by atoms with van der Waals surface area (Å²) in [6, 6.07) is 4.53. The Bertz CT molecular complexity index is 534. The Labute approximate surface area is 125 Å². The number of thiophene rings is 1. The molecular weight excluding hydrogens is 294 g/mol. The number of aryl methyl sites for hydroxylation is 1. The Balaban J connectivity index is 2.03. The van der Waals surface area contributed by atoms with Gasteiger partial charge in [0.25, 0.3) is 0 Å². The molecule has 2 N–H and O–H groups in total. The second-order valence-electron chi connectivity index (χ2n) is 5.11. The Morgan fingerprint density at radius 3 is 2.40 bits per heavy atom. The molecule has 1 aliphatic heterocycles. The van der Waals surface area contributed by atoms with Gasteiger partial charge < -0.3 is 5.73 Å². The van der Waals surface area contributed by atoms with Gasteiger partial charge in [-0.2, -0.15) is 4.31 Å². The highest BCUT2D eigenvalue weighted by Crippen LogP contribution is 2.28. The van der Waals surface area contributed by atoms with Crippen LogP contribution < -0.4 is 5.73 Å². The minimum atomic E-state index is -3.07. The molecule has 1 saturated heterocycles. The third-order valence-corrected chi connectivity index (χ3v) is 6.40. The van der Waals surface area contributed by atoms with Crippen molar-refractivity contribution in [2.45, 2.75) is 19.4 Å². The van der Waals surface area contributed by atoms with Crippen LogP contribution in [0.15, 0.2) is 12.1 Å². The lowest BCUT2D eigenvalue weighted by atomic mass is 10.2. The Morgan fingerprint density at radius 1 is 1.30 bits per heavy atom. The fourth-order valence-electron chi connectivity index (χ4n) is 2.56. The van der Waals surface area contributed by atoms with Gasteiger partial charge in [0.05, 0.1) is 12.3 Å². The van der Waals surface area contributed by atoms with E-state index in [0.29, 0.717) is 19.6 Å². The lowest BCUT2D eigenvalue weighted by Gasteiger charge is -2.37. The highest BCUT2D eigenvalue weighted by atomic mass is 32.2. The summed E-state index contributed by atoms with van der Waals surface area (Å²) in [6.07, 6.45) is 2.32. The van der Waals surface area contributed by atoms with Crippen molar-refractivity contribution in [3.63, 3.8) is 0 Å². The summed E-state index contributed by atoms with van der Waals surface area (Å²) < 4.78 is 24.6. The summed E-state index contributed by atoms with van der Waals surface area (Å²) in [6.45, 7) is 5.33. The maximum Gasteiger partial charge on any atom is 0.211 e. The van der Waals surface area contributed by atoms with Gasteiger partial charge in [0.1, 0.15) is 0 Å². The van der Waals surface area contributed by atoms with Crippen LogP contribution in [0.2, 0.25) is 0 Å². The minimum absolute atomic E-state index is 0.210. The molecule has 2 rings (SSSR count). The zero-order valence-electron chi connectivity index (χ0n) is 12.1. The number of piperazine rings is 1. The van der Waals surface area contributed by atoms with Crippen molar-refractivity contribution >= 4 is 21.4 Å². The molecule has 0 radical (unpaired) electrons. The monoisotopic (exact) mass is 317 g/mol. The van der Waals surface area contributed by atoms with Crippen molar-refractivity contribution in [2.75, 3.05) is 39.0 Å². The summed E-state index contributed by atoms with van der Waals surface area (Å²) >= 11 is 1.81. The van der Waals surface area contributed by atoms with Crippen LogP contribution in [0.1, 0.15) is 22.7 Å². The first-order valence-corrected chi connectivity index (χ1v) is 9.60. The average Bonchev–Trinajstić information content (AvgIpc) is 2.88. The van der Waals surface area contributed by atoms with E-state index >= 15 is 0 Å². The molecule has 1 aromatic heterocycles. The molecule has 5 nitrogen and oxygen atoms in total. The van der Waals surface area contributed by atoms with Gasteiger partial charge in [0, 0.05) is 42.5 Å². The molecule has 1 aromatic rings. The van der Waals surface area contributed by atoms with Crippen molar-refractivity contribution in [2.24, 2.45) is 5.73 Å². The topological polar surface area (TPSA) is 66.6 Å². The predicted octanol–water partition coefficient (Wildman–Crippen LogP) is 0.888. The molecule has 0 amide bonds. The Kier molecular flexibility index (Phi) is 5.19. The maximum absolute atomic E-state index is 11.5. The van der Waals surface area contributed by atoms with Gasteiger partial charge in [-0.05, 0) is 18.6 Å². The number of hydrogen-bond acceptors (Lipinski definition) is 5. The van der Waals surface area contributed by atoms with Crippen molar-refractivity contribution in [1.29, 1.82) is 0 Å². The van der Waals surface area contributed by atoms with Gasteiger partial charge in [0.2, 0.25) is 10.0 Å². The maximum atomic E-state index is 11.5. The number of hydrogen-bond donors (Lipinski definition) is 1. The molecule has 1 atom stereocenters. The summed E-state index contributed by atoms with van der Waals surface area (Å²) in [7, 11) is -3.07. The van der Waals surface area contributed by atoms with Gasteiger partial charge in [-0.15, -0.1) is 11.3 Å². The second kappa shape index (κ2) is 6.53. The van der Waals surface area contributed by atoms with Gasteiger partial charge in [-0.1, -0.05) is 6.92 Å². The van der Waals surface area contributed by atoms with E-state index in [9.17, 15) is 8.42 Å². The Hall–Kier alpha value is -0.470. The number of nitrogens with zero attached hydrogens (tertiary/aromatic N) is 2. The fourth-order valence-corrected chi connectivity index (χ4v) is 4.48. The minimum Gasteiger partial charge on any atom is -0.329 e. The Morgan fingerprint density at radius 2 is 1.95 bits per heavy atom. The first-order chi connectivity index (χ1) is 9.45. The quantitative estimate of drug-likeness (QED) is 0.876. The van der Waals surface area contributed by atoms with Crippen molar-refractivity contribution in [3.8, 4) is 0 Å². The van der Waals surface area contributed by atoms with E-state index in [1.54, 1.807) is 4.31 Å². The lowest BCUT2D eigenvalue weighted by molar-refractivity contribution is 0.142. The normalized spacial score (nSPS) is 20.1. The largest absolute Gasteiger partial charge is 0.329 e. The standard InChI is InChI=1S/C13H23N3O2S2/c1-3-11-4-5-13(19-11)12(10-14)15-6-8-16(9-7-15)20(2,17)18/h4-5,12H,3,6-10,14H2,1-2H3. The van der Waals surface area contributed by atoms with Crippen molar-refractivity contribution < 1.29 is 8.42 Å². The molecule has 20 heavy (non-hydrogen) atoms. The zero-order valence-corrected chi connectivity index (χ0v) is 13.7. The van der Waals surface area contributed by atoms with Gasteiger partial charge in [0.15, 0.2) is 0 Å². The molecule has 0 spiro atoms. The summed E-state index contributed by atoms with van der Waals surface area (Å²) in [5, 5.41) is 0. The molecule has 2 heterocycles. The van der Waals surface area contributed by atoms with Crippen LogP contribution in [-0.4, -0.2) is 56.6 Å². The van der Waals surface area contributed by atoms with E-state index in [4.69, 9.17) is 5.73 Å². The molecule has 7 heteroatoms. The van der Waals surface area contributed by atoms with Crippen LogP contribution in [0.3, 0.4) is 0 Å². The van der Waals surface area contributed by atoms with E-state index in [-0.39, 0.29) is 6.04 Å². The summed E-state index contributed by atoms with van der Waals surface area (Å²) in [5.41, 5.74) is 5.94. The highest BCUT2D eigenvalue weighted by Gasteiger charge is 2.28. The van der Waals surface area contributed by atoms with Crippen LogP contribution in [0.5, 0.6) is 0 Å². The van der Waals surface area contributed by atoms with E-state index in [2.05, 4.69) is 24.0 Å². The van der Waals surface area contributed by atoms with Gasteiger partial charge in [-0.3, -0.25) is 4.90 Å². The van der Waals surface area contributed by atoms with Crippen LogP contribution in [0, 0.1) is 0 Å². The van der Waals surface area contributed by atoms with E-state index in [1.807, 2.05) is 11.3 Å². The van der Waals surface area contributed by atoms with Gasteiger partial charge >= 0.3 is 0 Å². The SMILES string of the molecule is CCc1ccc(C(CN)N2CCN(S(C)(=O)=O)CC2)s1. The van der Waals surface area contributed by atoms with Gasteiger partial charge in [-0.25, -0.2) is 8.42 Å². The molecular formula is C13H23N3O2S2. The van der Waals surface area contributed by atoms with Crippen LogP contribution in [-0.2, 0) is 16.4 Å². The summed E-state index contributed by atoms with van der Waals surface area (Å²) in [4.78, 5) is 4.96. The third kappa shape index (κ3) is 3.59. The van der Waals surface area contributed by atoms with Crippen molar-refractivity contribution in [3.05, 3.63) is 21.9 Å². The molecule has 1 fully saturated rings. The highest BCUT2D eigenvalue weighted by molar-refractivity contribution is 7.88. The van der Waals surface area contributed by atoms with E-state index in [1.165, 1.54) is 16.0 Å². The van der Waals surface area contributed by atoms with Crippen LogP contribution in [0.4, 0.5) is 0 Å². The van der Waals surface area contributed by atoms with E-state index < -0.39 is 10.0 Å². The number of sulfonamides is 1. The fraction of sp³-hybridized carbons (Fsp3) is 0.692. The van der Waals surface area contributed by atoms with E-state index in [0.717, 1.165) is 19.5 Å². The summed E-state index contributed by atoms with van der Waals surface area (Å²) in [5.74, 6) is 0. The zero-order chi connectivity index (χ0) is 14.8. The van der Waals surface area contributed by atoms with Crippen molar-refractivity contribution in [1.82, 2.24) is 9.21 Å².